The summed E-state index contributed by atoms with van der Waals surface area (Å²) in [5.74, 6) is -0.617. The molecule has 27 heavy (non-hydrogen) atoms. The zero-order valence-corrected chi connectivity index (χ0v) is 16.2. The summed E-state index contributed by atoms with van der Waals surface area (Å²) >= 11 is 6.44. The fourth-order valence-corrected chi connectivity index (χ4v) is 4.74. The van der Waals surface area contributed by atoms with E-state index in [0.717, 1.165) is 12.0 Å². The molecule has 4 rings (SSSR count). The molecule has 2 aliphatic heterocycles. The second-order valence-electron chi connectivity index (χ2n) is 7.80. The molecule has 0 aromatic heterocycles. The van der Waals surface area contributed by atoms with Crippen LogP contribution in [0.2, 0.25) is 5.02 Å². The molecule has 2 fully saturated rings. The summed E-state index contributed by atoms with van der Waals surface area (Å²) in [7, 11) is 0. The van der Waals surface area contributed by atoms with Gasteiger partial charge in [-0.3, -0.25) is 9.59 Å². The molecule has 2 saturated heterocycles. The first kappa shape index (κ1) is 18.2. The first-order valence-corrected chi connectivity index (χ1v) is 9.80. The van der Waals surface area contributed by atoms with Crippen molar-refractivity contribution in [3.05, 3.63) is 65.2 Å². The summed E-state index contributed by atoms with van der Waals surface area (Å²) in [5.41, 5.74) is 1.53. The molecule has 140 valence electrons. The maximum atomic E-state index is 13.3. The van der Waals surface area contributed by atoms with Crippen molar-refractivity contribution in [2.24, 2.45) is 17.8 Å². The lowest BCUT2D eigenvalue weighted by Crippen LogP contribution is -2.40. The SMILES string of the molecule is CC(C)C[C@@H]1N[C@@H](c2ccccc2Cl)[C@H]2C(=O)N(c3ccccc3)C(=O)[C@H]21. The minimum atomic E-state index is -0.429. The molecule has 0 spiro atoms. The minimum Gasteiger partial charge on any atom is -0.306 e. The summed E-state index contributed by atoms with van der Waals surface area (Å²) in [6.07, 6.45) is 0.837. The highest BCUT2D eigenvalue weighted by molar-refractivity contribution is 6.31. The van der Waals surface area contributed by atoms with E-state index in [2.05, 4.69) is 19.2 Å². The van der Waals surface area contributed by atoms with Crippen molar-refractivity contribution in [3.8, 4) is 0 Å². The number of hydrogen-bond donors (Lipinski definition) is 1. The summed E-state index contributed by atoms with van der Waals surface area (Å²) < 4.78 is 0. The number of fused-ring (bicyclic) bond motifs is 1. The molecular formula is C22H23ClN2O2. The Morgan fingerprint density at radius 2 is 1.59 bits per heavy atom. The maximum Gasteiger partial charge on any atom is 0.239 e. The van der Waals surface area contributed by atoms with E-state index in [4.69, 9.17) is 11.6 Å². The number of rotatable bonds is 4. The van der Waals surface area contributed by atoms with E-state index in [9.17, 15) is 9.59 Å². The van der Waals surface area contributed by atoms with Crippen molar-refractivity contribution in [1.29, 1.82) is 0 Å². The molecule has 2 aromatic carbocycles. The first-order chi connectivity index (χ1) is 13.0. The predicted molar refractivity (Wildman–Crippen MR) is 106 cm³/mol. The number of hydrogen-bond acceptors (Lipinski definition) is 3. The molecule has 4 atom stereocenters. The van der Waals surface area contributed by atoms with Gasteiger partial charge in [0.1, 0.15) is 0 Å². The molecule has 5 heteroatoms. The molecule has 0 aliphatic carbocycles. The number of nitrogens with one attached hydrogen (secondary N) is 1. The van der Waals surface area contributed by atoms with Gasteiger partial charge in [-0.2, -0.15) is 0 Å². The predicted octanol–water partition coefficient (Wildman–Crippen LogP) is 4.20. The zero-order valence-electron chi connectivity index (χ0n) is 15.4. The van der Waals surface area contributed by atoms with E-state index in [-0.39, 0.29) is 29.8 Å². The van der Waals surface area contributed by atoms with Gasteiger partial charge >= 0.3 is 0 Å². The Kier molecular flexibility index (Phi) is 4.79. The van der Waals surface area contributed by atoms with Gasteiger partial charge in [0.25, 0.3) is 0 Å². The number of benzene rings is 2. The Balaban J connectivity index is 1.76. The Morgan fingerprint density at radius 3 is 2.26 bits per heavy atom. The third-order valence-corrected chi connectivity index (χ3v) is 5.91. The maximum absolute atomic E-state index is 13.3. The standard InChI is InChI=1S/C22H23ClN2O2/c1-13(2)12-17-18-19(20(24-17)15-10-6-7-11-16(15)23)22(27)25(21(18)26)14-8-4-3-5-9-14/h3-11,13,17-20,24H,12H2,1-2H3/t17-,18-,19-,20-/m0/s1. The molecule has 0 unspecified atom stereocenters. The second-order valence-corrected chi connectivity index (χ2v) is 8.21. The van der Waals surface area contributed by atoms with Gasteiger partial charge in [-0.25, -0.2) is 4.90 Å². The summed E-state index contributed by atoms with van der Waals surface area (Å²) in [5, 5.41) is 4.18. The Hall–Kier alpha value is -2.17. The van der Waals surface area contributed by atoms with E-state index in [1.807, 2.05) is 54.6 Å². The lowest BCUT2D eigenvalue weighted by atomic mass is 9.84. The van der Waals surface area contributed by atoms with Gasteiger partial charge in [-0.1, -0.05) is 61.8 Å². The van der Waals surface area contributed by atoms with Crippen molar-refractivity contribution in [2.75, 3.05) is 4.90 Å². The second kappa shape index (κ2) is 7.10. The molecule has 0 radical (unpaired) electrons. The van der Waals surface area contributed by atoms with Crippen LogP contribution in [0.5, 0.6) is 0 Å². The van der Waals surface area contributed by atoms with Crippen LogP contribution in [-0.2, 0) is 9.59 Å². The number of nitrogens with zero attached hydrogens (tertiary/aromatic N) is 1. The number of imide groups is 1. The van der Waals surface area contributed by atoms with Crippen LogP contribution in [-0.4, -0.2) is 17.9 Å². The van der Waals surface area contributed by atoms with Crippen LogP contribution in [0, 0.1) is 17.8 Å². The minimum absolute atomic E-state index is 0.0403. The molecule has 2 aromatic rings. The topological polar surface area (TPSA) is 49.4 Å². The Morgan fingerprint density at radius 1 is 0.963 bits per heavy atom. The van der Waals surface area contributed by atoms with Crippen LogP contribution < -0.4 is 10.2 Å². The molecule has 0 saturated carbocycles. The average Bonchev–Trinajstić information content (AvgIpc) is 3.13. The van der Waals surface area contributed by atoms with Crippen molar-refractivity contribution in [3.63, 3.8) is 0 Å². The van der Waals surface area contributed by atoms with Crippen LogP contribution >= 0.6 is 11.6 Å². The van der Waals surface area contributed by atoms with Crippen LogP contribution in [0.3, 0.4) is 0 Å². The quantitative estimate of drug-likeness (QED) is 0.806. The normalized spacial score (nSPS) is 27.5. The summed E-state index contributed by atoms with van der Waals surface area (Å²) in [6, 6.07) is 16.5. The van der Waals surface area contributed by atoms with Gasteiger partial charge in [0, 0.05) is 17.1 Å². The smallest absolute Gasteiger partial charge is 0.239 e. The number of carbonyl (C=O) groups is 2. The number of carbonyl (C=O) groups excluding carboxylic acids is 2. The molecule has 0 bridgehead atoms. The van der Waals surface area contributed by atoms with E-state index < -0.39 is 5.92 Å². The number of amides is 2. The number of halogens is 1. The lowest BCUT2D eigenvalue weighted by molar-refractivity contribution is -0.123. The highest BCUT2D eigenvalue weighted by Crippen LogP contribution is 2.47. The zero-order chi connectivity index (χ0) is 19.1. The molecule has 1 N–H and O–H groups in total. The van der Waals surface area contributed by atoms with Gasteiger partial charge in [0.15, 0.2) is 0 Å². The Bertz CT molecular complexity index is 868. The average molecular weight is 383 g/mol. The third-order valence-electron chi connectivity index (χ3n) is 5.56. The van der Waals surface area contributed by atoms with Gasteiger partial charge in [-0.15, -0.1) is 0 Å². The fourth-order valence-electron chi connectivity index (χ4n) is 4.49. The number of anilines is 1. The largest absolute Gasteiger partial charge is 0.306 e. The van der Waals surface area contributed by atoms with Crippen molar-refractivity contribution in [2.45, 2.75) is 32.4 Å². The van der Waals surface area contributed by atoms with Gasteiger partial charge < -0.3 is 5.32 Å². The summed E-state index contributed by atoms with van der Waals surface area (Å²) in [4.78, 5) is 28.0. The van der Waals surface area contributed by atoms with Gasteiger partial charge in [-0.05, 0) is 36.1 Å². The highest BCUT2D eigenvalue weighted by atomic mass is 35.5. The molecule has 4 nitrogen and oxygen atoms in total. The van der Waals surface area contributed by atoms with E-state index in [1.165, 1.54) is 4.90 Å². The van der Waals surface area contributed by atoms with Crippen LogP contribution in [0.1, 0.15) is 31.9 Å². The molecule has 2 amide bonds. The molecular weight excluding hydrogens is 360 g/mol. The van der Waals surface area contributed by atoms with Gasteiger partial charge in [0.2, 0.25) is 11.8 Å². The molecule has 2 aliphatic rings. The van der Waals surface area contributed by atoms with E-state index in [1.54, 1.807) is 0 Å². The lowest BCUT2D eigenvalue weighted by Gasteiger charge is -2.24. The van der Waals surface area contributed by atoms with Crippen LogP contribution in [0.15, 0.2) is 54.6 Å². The highest BCUT2D eigenvalue weighted by Gasteiger charge is 2.59. The summed E-state index contributed by atoms with van der Waals surface area (Å²) in [6.45, 7) is 4.27. The van der Waals surface area contributed by atoms with Crippen LogP contribution in [0.4, 0.5) is 5.69 Å². The van der Waals surface area contributed by atoms with Crippen molar-refractivity contribution >= 4 is 29.1 Å². The van der Waals surface area contributed by atoms with Crippen LogP contribution in [0.25, 0.3) is 0 Å². The van der Waals surface area contributed by atoms with Gasteiger partial charge in [0.05, 0.1) is 17.5 Å². The van der Waals surface area contributed by atoms with E-state index in [0.29, 0.717) is 16.6 Å². The molecule has 2 heterocycles. The fraction of sp³-hybridized carbons (Fsp3) is 0.364. The van der Waals surface area contributed by atoms with Crippen molar-refractivity contribution in [1.82, 2.24) is 5.32 Å². The third kappa shape index (κ3) is 3.07. The first-order valence-electron chi connectivity index (χ1n) is 9.42. The number of para-hydroxylation sites is 1. The van der Waals surface area contributed by atoms with E-state index >= 15 is 0 Å². The Labute approximate surface area is 164 Å². The van der Waals surface area contributed by atoms with Crippen molar-refractivity contribution < 1.29 is 9.59 Å². The monoisotopic (exact) mass is 382 g/mol.